The SMILES string of the molecule is CC1NC(C#Cc2ccc(Oc3ccccc3)nc2)=CS1. The van der Waals surface area contributed by atoms with E-state index in [4.69, 9.17) is 4.74 Å². The van der Waals surface area contributed by atoms with Crippen LogP contribution >= 0.6 is 11.8 Å². The monoisotopic (exact) mass is 294 g/mol. The molecule has 0 spiro atoms. The molecular formula is C17H14N2OS. The molecule has 0 saturated carbocycles. The van der Waals surface area contributed by atoms with Crippen molar-refractivity contribution in [3.8, 4) is 23.5 Å². The number of hydrogen-bond acceptors (Lipinski definition) is 4. The lowest BCUT2D eigenvalue weighted by Crippen LogP contribution is -2.15. The first-order chi connectivity index (χ1) is 10.3. The van der Waals surface area contributed by atoms with Crippen molar-refractivity contribution in [2.24, 2.45) is 0 Å². The molecular weight excluding hydrogens is 280 g/mol. The Labute approximate surface area is 128 Å². The number of allylic oxidation sites excluding steroid dienone is 1. The summed E-state index contributed by atoms with van der Waals surface area (Å²) in [6.45, 7) is 2.10. The van der Waals surface area contributed by atoms with E-state index < -0.39 is 0 Å². The third-order valence-corrected chi connectivity index (χ3v) is 3.69. The Morgan fingerprint density at radius 3 is 2.67 bits per heavy atom. The number of nitrogens with one attached hydrogen (secondary N) is 1. The second-order valence-corrected chi connectivity index (χ2v) is 5.72. The maximum atomic E-state index is 5.64. The molecule has 0 radical (unpaired) electrons. The first-order valence-corrected chi connectivity index (χ1v) is 7.57. The first-order valence-electron chi connectivity index (χ1n) is 6.63. The second kappa shape index (κ2) is 6.38. The van der Waals surface area contributed by atoms with E-state index in [1.165, 1.54) is 0 Å². The molecule has 3 rings (SSSR count). The van der Waals surface area contributed by atoms with E-state index in [2.05, 4.69) is 29.1 Å². The smallest absolute Gasteiger partial charge is 0.219 e. The molecule has 0 bridgehead atoms. The minimum absolute atomic E-state index is 0.397. The third-order valence-electron chi connectivity index (χ3n) is 2.79. The summed E-state index contributed by atoms with van der Waals surface area (Å²) in [5.74, 6) is 7.52. The minimum Gasteiger partial charge on any atom is -0.439 e. The highest BCUT2D eigenvalue weighted by Gasteiger charge is 2.08. The first kappa shape index (κ1) is 13.6. The second-order valence-electron chi connectivity index (χ2n) is 4.50. The Morgan fingerprint density at radius 2 is 2.00 bits per heavy atom. The number of para-hydroxylation sites is 1. The van der Waals surface area contributed by atoms with Gasteiger partial charge >= 0.3 is 0 Å². The molecule has 1 aromatic carbocycles. The van der Waals surface area contributed by atoms with Crippen LogP contribution in [0.5, 0.6) is 11.6 Å². The Morgan fingerprint density at radius 1 is 1.14 bits per heavy atom. The fraction of sp³-hybridized carbons (Fsp3) is 0.118. The van der Waals surface area contributed by atoms with Gasteiger partial charge in [-0.1, -0.05) is 24.1 Å². The van der Waals surface area contributed by atoms with Crippen LogP contribution in [0.3, 0.4) is 0 Å². The van der Waals surface area contributed by atoms with Crippen molar-refractivity contribution in [1.29, 1.82) is 0 Å². The minimum atomic E-state index is 0.397. The summed E-state index contributed by atoms with van der Waals surface area (Å²) in [5, 5.41) is 5.71. The Kier molecular flexibility index (Phi) is 4.13. The fourth-order valence-corrected chi connectivity index (χ4v) is 2.45. The van der Waals surface area contributed by atoms with E-state index in [0.717, 1.165) is 17.0 Å². The van der Waals surface area contributed by atoms with E-state index in [9.17, 15) is 0 Å². The highest BCUT2D eigenvalue weighted by Crippen LogP contribution is 2.20. The molecule has 2 aromatic rings. The van der Waals surface area contributed by atoms with Gasteiger partial charge in [0.15, 0.2) is 0 Å². The normalized spacial score (nSPS) is 16.4. The predicted octanol–water partition coefficient (Wildman–Crippen LogP) is 3.75. The van der Waals surface area contributed by atoms with Crippen LogP contribution in [0.4, 0.5) is 0 Å². The molecule has 1 atom stereocenters. The summed E-state index contributed by atoms with van der Waals surface area (Å²) in [4.78, 5) is 4.26. The third kappa shape index (κ3) is 3.80. The molecule has 0 aliphatic carbocycles. The van der Waals surface area contributed by atoms with Gasteiger partial charge in [-0.05, 0) is 31.0 Å². The Bertz CT molecular complexity index is 699. The van der Waals surface area contributed by atoms with E-state index in [1.807, 2.05) is 47.9 Å². The van der Waals surface area contributed by atoms with Gasteiger partial charge in [-0.2, -0.15) is 0 Å². The molecule has 1 aromatic heterocycles. The number of aromatic nitrogens is 1. The number of thioether (sulfide) groups is 1. The molecule has 1 aliphatic heterocycles. The number of rotatable bonds is 2. The predicted molar refractivity (Wildman–Crippen MR) is 85.9 cm³/mol. The van der Waals surface area contributed by atoms with Gasteiger partial charge in [-0.25, -0.2) is 4.98 Å². The van der Waals surface area contributed by atoms with Gasteiger partial charge in [0.25, 0.3) is 0 Å². The zero-order valence-corrected chi connectivity index (χ0v) is 12.4. The summed E-state index contributed by atoms with van der Waals surface area (Å²) >= 11 is 1.73. The summed E-state index contributed by atoms with van der Waals surface area (Å²) in [6.07, 6.45) is 1.72. The zero-order valence-electron chi connectivity index (χ0n) is 11.5. The molecule has 1 N–H and O–H groups in total. The highest BCUT2D eigenvalue weighted by molar-refractivity contribution is 8.02. The number of nitrogens with zero attached hydrogens (tertiary/aromatic N) is 1. The van der Waals surface area contributed by atoms with Crippen LogP contribution in [0.25, 0.3) is 0 Å². The molecule has 1 unspecified atom stereocenters. The molecule has 0 amide bonds. The molecule has 3 nitrogen and oxygen atoms in total. The standard InChI is InChI=1S/C17H14N2OS/c1-13-19-15(12-21-13)9-7-14-8-10-17(18-11-14)20-16-5-3-2-4-6-16/h2-6,8,10-13,19H,1H3. The van der Waals surface area contributed by atoms with Crippen LogP contribution < -0.4 is 10.1 Å². The summed E-state index contributed by atoms with van der Waals surface area (Å²) in [5.41, 5.74) is 1.82. The van der Waals surface area contributed by atoms with Crippen LogP contribution in [-0.2, 0) is 0 Å². The maximum absolute atomic E-state index is 5.64. The van der Waals surface area contributed by atoms with Crippen molar-refractivity contribution in [2.75, 3.05) is 0 Å². The molecule has 104 valence electrons. The van der Waals surface area contributed by atoms with Gasteiger partial charge in [-0.3, -0.25) is 0 Å². The van der Waals surface area contributed by atoms with Crippen LogP contribution in [0, 0.1) is 11.8 Å². The van der Waals surface area contributed by atoms with Crippen LogP contribution in [-0.4, -0.2) is 10.4 Å². The molecule has 2 heterocycles. The number of benzene rings is 1. The van der Waals surface area contributed by atoms with Crippen molar-refractivity contribution < 1.29 is 4.74 Å². The number of hydrogen-bond donors (Lipinski definition) is 1. The van der Waals surface area contributed by atoms with Crippen molar-refractivity contribution in [2.45, 2.75) is 12.3 Å². The average molecular weight is 294 g/mol. The fourth-order valence-electron chi connectivity index (χ4n) is 1.79. The Balaban J connectivity index is 1.66. The van der Waals surface area contributed by atoms with E-state index >= 15 is 0 Å². The highest BCUT2D eigenvalue weighted by atomic mass is 32.2. The van der Waals surface area contributed by atoms with Gasteiger partial charge in [0.05, 0.1) is 11.1 Å². The van der Waals surface area contributed by atoms with Gasteiger partial charge in [0, 0.05) is 23.2 Å². The largest absolute Gasteiger partial charge is 0.439 e. The average Bonchev–Trinajstić information content (AvgIpc) is 2.93. The van der Waals surface area contributed by atoms with Crippen LogP contribution in [0.15, 0.2) is 59.8 Å². The lowest BCUT2D eigenvalue weighted by molar-refractivity contribution is 0.463. The van der Waals surface area contributed by atoms with Crippen molar-refractivity contribution in [3.63, 3.8) is 0 Å². The summed E-state index contributed by atoms with van der Waals surface area (Å²) < 4.78 is 5.64. The van der Waals surface area contributed by atoms with Gasteiger partial charge in [-0.15, -0.1) is 11.8 Å². The topological polar surface area (TPSA) is 34.1 Å². The molecule has 0 fully saturated rings. The number of pyridine rings is 1. The summed E-state index contributed by atoms with van der Waals surface area (Å²) in [6, 6.07) is 13.3. The van der Waals surface area contributed by atoms with Gasteiger partial charge in [0.2, 0.25) is 5.88 Å². The Hall–Kier alpha value is -2.38. The van der Waals surface area contributed by atoms with Crippen molar-refractivity contribution in [3.05, 3.63) is 65.3 Å². The maximum Gasteiger partial charge on any atom is 0.219 e. The zero-order chi connectivity index (χ0) is 14.5. The van der Waals surface area contributed by atoms with Crippen LogP contribution in [0.1, 0.15) is 12.5 Å². The van der Waals surface area contributed by atoms with Gasteiger partial charge in [0.1, 0.15) is 5.75 Å². The molecule has 21 heavy (non-hydrogen) atoms. The van der Waals surface area contributed by atoms with E-state index in [-0.39, 0.29) is 0 Å². The van der Waals surface area contributed by atoms with E-state index in [1.54, 1.807) is 18.0 Å². The molecule has 4 heteroatoms. The quantitative estimate of drug-likeness (QED) is 0.855. The number of ether oxygens (including phenoxy) is 1. The summed E-state index contributed by atoms with van der Waals surface area (Å²) in [7, 11) is 0. The molecule has 0 saturated heterocycles. The van der Waals surface area contributed by atoms with E-state index in [0.29, 0.717) is 11.3 Å². The lowest BCUT2D eigenvalue weighted by Gasteiger charge is -2.03. The van der Waals surface area contributed by atoms with Crippen molar-refractivity contribution in [1.82, 2.24) is 10.3 Å². The van der Waals surface area contributed by atoms with Crippen molar-refractivity contribution >= 4 is 11.8 Å². The lowest BCUT2D eigenvalue weighted by atomic mass is 10.3. The van der Waals surface area contributed by atoms with Gasteiger partial charge < -0.3 is 10.1 Å². The van der Waals surface area contributed by atoms with Crippen LogP contribution in [0.2, 0.25) is 0 Å². The molecule has 1 aliphatic rings.